The number of nitrogens with zero attached hydrogens (tertiary/aromatic N) is 1. The molecule has 0 saturated carbocycles. The molecular formula is C32H21NO2S. The third kappa shape index (κ3) is 2.35. The van der Waals surface area contributed by atoms with Gasteiger partial charge in [-0.1, -0.05) is 59.7 Å². The van der Waals surface area contributed by atoms with Crippen LogP contribution in [0.15, 0.2) is 70.6 Å². The first-order valence-electron chi connectivity index (χ1n) is 12.3. The highest BCUT2D eigenvalue weighted by molar-refractivity contribution is 7.99. The van der Waals surface area contributed by atoms with Gasteiger partial charge in [0, 0.05) is 44.5 Å². The fourth-order valence-corrected chi connectivity index (χ4v) is 7.44. The van der Waals surface area contributed by atoms with Crippen molar-refractivity contribution in [3.8, 4) is 16.9 Å². The molecule has 6 aromatic carbocycles. The molecular weight excluding hydrogens is 462 g/mol. The van der Waals surface area contributed by atoms with Gasteiger partial charge in [-0.15, -0.1) is 11.8 Å². The Labute approximate surface area is 211 Å². The number of phenols is 1. The van der Waals surface area contributed by atoms with Crippen LogP contribution < -0.4 is 5.36 Å². The van der Waals surface area contributed by atoms with Crippen LogP contribution in [-0.4, -0.2) is 23.2 Å². The van der Waals surface area contributed by atoms with Gasteiger partial charge in [0.2, 0.25) is 0 Å². The molecule has 0 radical (unpaired) electrons. The first kappa shape index (κ1) is 20.3. The molecule has 0 aromatic heterocycles. The van der Waals surface area contributed by atoms with Crippen molar-refractivity contribution in [2.24, 2.45) is 4.99 Å². The quantitative estimate of drug-likeness (QED) is 0.182. The number of aryl methyl sites for hydroxylation is 2. The number of phenolic OH excluding ortho intramolecular Hbond substituents is 1. The summed E-state index contributed by atoms with van der Waals surface area (Å²) in [5.74, 6) is 1.15. The van der Waals surface area contributed by atoms with Crippen LogP contribution in [-0.2, 0) is 0 Å². The fourth-order valence-electron chi connectivity index (χ4n) is 6.41. The van der Waals surface area contributed by atoms with Crippen molar-refractivity contribution in [2.75, 3.05) is 12.3 Å². The summed E-state index contributed by atoms with van der Waals surface area (Å²) in [5, 5.41) is 20.5. The number of rotatable bonds is 0. The highest BCUT2D eigenvalue weighted by Crippen LogP contribution is 2.52. The van der Waals surface area contributed by atoms with Crippen molar-refractivity contribution in [1.29, 1.82) is 0 Å². The Hall–Kier alpha value is -3.89. The SMILES string of the molecule is Cc1ccc2c(c1)C(=O)c1c3c(c4c(O)c5cc(C)ccc5c5c6ccccc6c-2c1c45)=NCCS3. The molecule has 172 valence electrons. The van der Waals surface area contributed by atoms with E-state index in [-0.39, 0.29) is 11.5 Å². The van der Waals surface area contributed by atoms with Crippen LogP contribution in [0.4, 0.5) is 0 Å². The number of carbonyl (C=O) groups is 1. The minimum atomic E-state index is 0.0593. The Morgan fingerprint density at radius 3 is 2.36 bits per heavy atom. The smallest absolute Gasteiger partial charge is 0.195 e. The lowest BCUT2D eigenvalue weighted by Crippen LogP contribution is -2.22. The van der Waals surface area contributed by atoms with Gasteiger partial charge in [-0.2, -0.15) is 0 Å². The minimum Gasteiger partial charge on any atom is -0.507 e. The van der Waals surface area contributed by atoms with Crippen molar-refractivity contribution in [3.05, 3.63) is 88.3 Å². The largest absolute Gasteiger partial charge is 0.507 e. The Bertz CT molecular complexity index is 2070. The number of hydrogen-bond donors (Lipinski definition) is 1. The average Bonchev–Trinajstić information content (AvgIpc) is 2.89. The molecule has 0 bridgehead atoms. The Balaban J connectivity index is 1.82. The standard InChI is InChI=1S/C32H21NO2S/c1-15-7-9-19-21(13-15)30(34)27-25-23(19)17-5-3-4-6-18(17)24-20-10-8-16(2)14-22(20)31(35)28(26(24)25)32-29(27)33-11-12-36-32/h3-10,13-14,34H,11-12H2,1-2H3. The minimum absolute atomic E-state index is 0.0593. The lowest BCUT2D eigenvalue weighted by Gasteiger charge is -2.28. The van der Waals surface area contributed by atoms with Crippen LogP contribution in [0.1, 0.15) is 27.0 Å². The van der Waals surface area contributed by atoms with E-state index in [1.807, 2.05) is 13.0 Å². The zero-order valence-electron chi connectivity index (χ0n) is 19.9. The zero-order chi connectivity index (χ0) is 24.3. The number of aromatic hydroxyl groups is 1. The molecule has 2 aliphatic rings. The molecule has 0 unspecified atom stereocenters. The molecule has 0 atom stereocenters. The van der Waals surface area contributed by atoms with Crippen molar-refractivity contribution >= 4 is 60.6 Å². The number of hydrogen-bond acceptors (Lipinski definition) is 4. The Kier molecular flexibility index (Phi) is 3.87. The van der Waals surface area contributed by atoms with Crippen molar-refractivity contribution in [1.82, 2.24) is 0 Å². The van der Waals surface area contributed by atoms with Crippen LogP contribution >= 0.6 is 11.8 Å². The van der Waals surface area contributed by atoms with Crippen LogP contribution in [0, 0.1) is 13.8 Å². The summed E-state index contributed by atoms with van der Waals surface area (Å²) in [7, 11) is 0. The van der Waals surface area contributed by atoms with E-state index in [0.717, 1.165) is 92.5 Å². The summed E-state index contributed by atoms with van der Waals surface area (Å²) in [6.07, 6.45) is 0. The van der Waals surface area contributed by atoms with Gasteiger partial charge in [-0.05, 0) is 58.7 Å². The molecule has 1 N–H and O–H groups in total. The molecule has 4 heteroatoms. The maximum atomic E-state index is 14.2. The van der Waals surface area contributed by atoms with Gasteiger partial charge < -0.3 is 5.11 Å². The summed E-state index contributed by atoms with van der Waals surface area (Å²) >= 11 is 1.69. The molecule has 1 heterocycles. The van der Waals surface area contributed by atoms with Crippen LogP contribution in [0.25, 0.3) is 54.2 Å². The molecule has 0 fully saturated rings. The van der Waals surface area contributed by atoms with E-state index in [0.29, 0.717) is 6.54 Å². The molecule has 8 rings (SSSR count). The molecule has 0 amide bonds. The lowest BCUT2D eigenvalue weighted by atomic mass is 9.76. The molecule has 0 spiro atoms. The first-order chi connectivity index (χ1) is 17.5. The topological polar surface area (TPSA) is 49.7 Å². The second-order valence-electron chi connectivity index (χ2n) is 9.98. The second kappa shape index (κ2) is 6.86. The number of carbonyl (C=O) groups excluding carboxylic acids is 1. The lowest BCUT2D eigenvalue weighted by molar-refractivity contribution is 0.103. The highest BCUT2D eigenvalue weighted by atomic mass is 32.2. The van der Waals surface area contributed by atoms with Crippen molar-refractivity contribution in [3.63, 3.8) is 0 Å². The van der Waals surface area contributed by atoms with Crippen molar-refractivity contribution < 1.29 is 9.90 Å². The summed E-state index contributed by atoms with van der Waals surface area (Å²) in [6, 6.07) is 21.0. The highest BCUT2D eigenvalue weighted by Gasteiger charge is 2.34. The van der Waals surface area contributed by atoms with Crippen LogP contribution in [0.3, 0.4) is 0 Å². The monoisotopic (exact) mass is 483 g/mol. The number of fused-ring (bicyclic) bond motifs is 10. The van der Waals surface area contributed by atoms with Crippen LogP contribution in [0.2, 0.25) is 0 Å². The maximum Gasteiger partial charge on any atom is 0.195 e. The van der Waals surface area contributed by atoms with E-state index < -0.39 is 0 Å². The molecule has 0 saturated heterocycles. The van der Waals surface area contributed by atoms with Crippen LogP contribution in [0.5, 0.6) is 5.75 Å². The normalized spacial score (nSPS) is 14.4. The van der Waals surface area contributed by atoms with E-state index in [9.17, 15) is 9.90 Å². The Morgan fingerprint density at radius 2 is 1.50 bits per heavy atom. The first-order valence-corrected chi connectivity index (χ1v) is 13.2. The molecule has 6 aromatic rings. The van der Waals surface area contributed by atoms with E-state index in [4.69, 9.17) is 4.99 Å². The summed E-state index contributed by atoms with van der Waals surface area (Å²) < 4.78 is 0. The van der Waals surface area contributed by atoms with E-state index in [1.165, 1.54) is 0 Å². The molecule has 1 aliphatic heterocycles. The van der Waals surface area contributed by atoms with Gasteiger partial charge in [0.15, 0.2) is 5.78 Å². The number of benzene rings is 6. The maximum absolute atomic E-state index is 14.2. The third-order valence-electron chi connectivity index (χ3n) is 7.85. The fraction of sp³-hybridized carbons (Fsp3) is 0.125. The van der Waals surface area contributed by atoms with E-state index in [1.54, 1.807) is 11.8 Å². The van der Waals surface area contributed by atoms with Gasteiger partial charge in [0.1, 0.15) is 5.75 Å². The van der Waals surface area contributed by atoms with E-state index >= 15 is 0 Å². The van der Waals surface area contributed by atoms with E-state index in [2.05, 4.69) is 61.5 Å². The summed E-state index contributed by atoms with van der Waals surface area (Å²) in [4.78, 5) is 20.1. The predicted molar refractivity (Wildman–Crippen MR) is 149 cm³/mol. The zero-order valence-corrected chi connectivity index (χ0v) is 20.7. The molecule has 1 aliphatic carbocycles. The molecule has 36 heavy (non-hydrogen) atoms. The Morgan fingerprint density at radius 1 is 0.750 bits per heavy atom. The summed E-state index contributed by atoms with van der Waals surface area (Å²) in [5.41, 5.74) is 5.73. The van der Waals surface area contributed by atoms with Gasteiger partial charge in [0.05, 0.1) is 10.7 Å². The van der Waals surface area contributed by atoms with Gasteiger partial charge >= 0.3 is 0 Å². The average molecular weight is 484 g/mol. The van der Waals surface area contributed by atoms with Gasteiger partial charge in [-0.3, -0.25) is 9.79 Å². The van der Waals surface area contributed by atoms with Gasteiger partial charge in [0.25, 0.3) is 0 Å². The predicted octanol–water partition coefficient (Wildman–Crippen LogP) is 7.28. The van der Waals surface area contributed by atoms with Crippen molar-refractivity contribution in [2.45, 2.75) is 18.7 Å². The number of ketones is 1. The van der Waals surface area contributed by atoms with Gasteiger partial charge in [-0.25, -0.2) is 0 Å². The third-order valence-corrected chi connectivity index (χ3v) is 8.93. The second-order valence-corrected chi connectivity index (χ2v) is 11.1. The number of thioether (sulfide) groups is 1. The molecule has 3 nitrogen and oxygen atoms in total. The summed E-state index contributed by atoms with van der Waals surface area (Å²) in [6.45, 7) is 4.75.